The third-order valence-corrected chi connectivity index (χ3v) is 1.30. The largest absolute Gasteiger partial charge is 0.460 e. The molecule has 0 aliphatic rings. The van der Waals surface area contributed by atoms with Crippen LogP contribution in [0.3, 0.4) is 0 Å². The first-order valence-electron chi connectivity index (χ1n) is 3.13. The van der Waals surface area contributed by atoms with Crippen molar-refractivity contribution >= 4 is 0 Å². The molecule has 14 heavy (non-hydrogen) atoms. The second kappa shape index (κ2) is 3.39. The summed E-state index contributed by atoms with van der Waals surface area (Å²) in [6.45, 7) is 0.579. The minimum atomic E-state index is -6.50. The standard InChI is InChI=1S/C6H4F8/c1-2-3(7)4(8,9)5(10,11)6(12,13)14/h2H,1H3/b3-2-. The van der Waals surface area contributed by atoms with Gasteiger partial charge in [-0.2, -0.15) is 30.7 Å². The lowest BCUT2D eigenvalue weighted by Crippen LogP contribution is -2.52. The van der Waals surface area contributed by atoms with Gasteiger partial charge in [0.2, 0.25) is 0 Å². The quantitative estimate of drug-likeness (QED) is 0.632. The van der Waals surface area contributed by atoms with Crippen LogP contribution >= 0.6 is 0 Å². The van der Waals surface area contributed by atoms with Gasteiger partial charge in [0.15, 0.2) is 5.83 Å². The first-order valence-corrected chi connectivity index (χ1v) is 3.13. The van der Waals surface area contributed by atoms with Crippen molar-refractivity contribution in [1.82, 2.24) is 0 Å². The topological polar surface area (TPSA) is 0 Å². The third-order valence-electron chi connectivity index (χ3n) is 1.30. The number of alkyl halides is 7. The Hall–Kier alpha value is -0.820. The fraction of sp³-hybridized carbons (Fsp3) is 0.667. The highest BCUT2D eigenvalue weighted by Crippen LogP contribution is 2.49. The second-order valence-corrected chi connectivity index (χ2v) is 2.28. The highest BCUT2D eigenvalue weighted by atomic mass is 19.4. The molecule has 0 unspecified atom stereocenters. The van der Waals surface area contributed by atoms with Gasteiger partial charge in [-0.3, -0.25) is 0 Å². The van der Waals surface area contributed by atoms with Gasteiger partial charge in [-0.05, 0) is 13.0 Å². The fourth-order valence-electron chi connectivity index (χ4n) is 0.509. The Bertz CT molecular complexity index is 235. The highest BCUT2D eigenvalue weighted by Gasteiger charge is 2.74. The Labute approximate surface area is 73.2 Å². The second-order valence-electron chi connectivity index (χ2n) is 2.28. The van der Waals surface area contributed by atoms with Crippen LogP contribution in [-0.4, -0.2) is 18.0 Å². The van der Waals surface area contributed by atoms with Crippen molar-refractivity contribution in [1.29, 1.82) is 0 Å². The summed E-state index contributed by atoms with van der Waals surface area (Å²) < 4.78 is 94.6. The zero-order valence-corrected chi connectivity index (χ0v) is 6.60. The molecule has 0 nitrogen and oxygen atoms in total. The van der Waals surface area contributed by atoms with Gasteiger partial charge in [0.25, 0.3) is 0 Å². The fourth-order valence-corrected chi connectivity index (χ4v) is 0.509. The maximum atomic E-state index is 12.2. The van der Waals surface area contributed by atoms with E-state index in [0.717, 1.165) is 0 Å². The summed E-state index contributed by atoms with van der Waals surface area (Å²) in [5, 5.41) is 0. The molecule has 0 amide bonds. The molecule has 0 aliphatic carbocycles. The Kier molecular flexibility index (Phi) is 3.19. The Balaban J connectivity index is 5.29. The summed E-state index contributed by atoms with van der Waals surface area (Å²) in [4.78, 5) is 0. The van der Waals surface area contributed by atoms with Gasteiger partial charge in [0.05, 0.1) is 0 Å². The zero-order chi connectivity index (χ0) is 11.8. The van der Waals surface area contributed by atoms with E-state index < -0.39 is 23.8 Å². The van der Waals surface area contributed by atoms with Crippen molar-refractivity contribution in [3.63, 3.8) is 0 Å². The number of hydrogen-bond donors (Lipinski definition) is 0. The first kappa shape index (κ1) is 13.2. The Morgan fingerprint density at radius 3 is 1.50 bits per heavy atom. The Morgan fingerprint density at radius 2 is 1.29 bits per heavy atom. The van der Waals surface area contributed by atoms with Gasteiger partial charge < -0.3 is 0 Å². The number of hydrogen-bond acceptors (Lipinski definition) is 0. The summed E-state index contributed by atoms with van der Waals surface area (Å²) in [5.41, 5.74) is 0. The van der Waals surface area contributed by atoms with E-state index in [2.05, 4.69) is 0 Å². The van der Waals surface area contributed by atoms with Gasteiger partial charge in [0.1, 0.15) is 0 Å². The molecule has 0 rings (SSSR count). The zero-order valence-electron chi connectivity index (χ0n) is 6.60. The maximum Gasteiger partial charge on any atom is 0.460 e. The molecule has 0 atom stereocenters. The van der Waals surface area contributed by atoms with Gasteiger partial charge in [-0.25, -0.2) is 4.39 Å². The van der Waals surface area contributed by atoms with E-state index in [0.29, 0.717) is 6.92 Å². The number of halogens is 8. The van der Waals surface area contributed by atoms with Crippen LogP contribution in [-0.2, 0) is 0 Å². The minimum Gasteiger partial charge on any atom is -0.205 e. The van der Waals surface area contributed by atoms with E-state index in [1.54, 1.807) is 0 Å². The average Bonchev–Trinajstić information content (AvgIpc) is 2.00. The summed E-state index contributed by atoms with van der Waals surface area (Å²) in [6, 6.07) is 0. The molecule has 0 radical (unpaired) electrons. The molecule has 0 heterocycles. The summed E-state index contributed by atoms with van der Waals surface area (Å²) in [6.07, 6.45) is -6.66. The predicted octanol–water partition coefficient (Wildman–Crippen LogP) is 3.69. The maximum absolute atomic E-state index is 12.2. The molecule has 0 fully saturated rings. The molecule has 0 N–H and O–H groups in total. The van der Waals surface area contributed by atoms with Crippen LogP contribution in [0.4, 0.5) is 35.1 Å². The van der Waals surface area contributed by atoms with E-state index in [9.17, 15) is 35.1 Å². The SMILES string of the molecule is C/C=C(\F)C(F)(F)C(F)(F)C(F)(F)F. The summed E-state index contributed by atoms with van der Waals surface area (Å²) >= 11 is 0. The first-order chi connectivity index (χ1) is 5.98. The van der Waals surface area contributed by atoms with Crippen LogP contribution in [0.5, 0.6) is 0 Å². The summed E-state index contributed by atoms with van der Waals surface area (Å²) in [7, 11) is 0. The predicted molar refractivity (Wildman–Crippen MR) is 30.8 cm³/mol. The molecule has 0 spiro atoms. The van der Waals surface area contributed by atoms with Gasteiger partial charge in [0, 0.05) is 0 Å². The number of rotatable bonds is 2. The van der Waals surface area contributed by atoms with E-state index >= 15 is 0 Å². The van der Waals surface area contributed by atoms with Crippen molar-refractivity contribution in [2.45, 2.75) is 24.9 Å². The van der Waals surface area contributed by atoms with Crippen LogP contribution in [0.1, 0.15) is 6.92 Å². The highest BCUT2D eigenvalue weighted by molar-refractivity contribution is 5.11. The molecule has 0 aliphatic heterocycles. The van der Waals surface area contributed by atoms with Crippen LogP contribution < -0.4 is 0 Å². The van der Waals surface area contributed by atoms with E-state index in [-0.39, 0.29) is 6.08 Å². The average molecular weight is 228 g/mol. The van der Waals surface area contributed by atoms with Gasteiger partial charge in [-0.1, -0.05) is 0 Å². The lowest BCUT2D eigenvalue weighted by molar-refractivity contribution is -0.347. The number of allylic oxidation sites excluding steroid dienone is 2. The molecular formula is C6H4F8. The van der Waals surface area contributed by atoms with E-state index in [4.69, 9.17) is 0 Å². The lowest BCUT2D eigenvalue weighted by atomic mass is 10.1. The van der Waals surface area contributed by atoms with Crippen LogP contribution in [0.2, 0.25) is 0 Å². The Morgan fingerprint density at radius 1 is 0.929 bits per heavy atom. The molecule has 0 saturated heterocycles. The summed E-state index contributed by atoms with van der Waals surface area (Å²) in [5.74, 6) is -15.1. The van der Waals surface area contributed by atoms with Crippen molar-refractivity contribution in [3.8, 4) is 0 Å². The molecule has 0 aromatic rings. The minimum absolute atomic E-state index is 0.153. The third kappa shape index (κ3) is 1.83. The molecule has 84 valence electrons. The molecular weight excluding hydrogens is 224 g/mol. The molecule has 0 bridgehead atoms. The van der Waals surface area contributed by atoms with Gasteiger partial charge >= 0.3 is 18.0 Å². The smallest absolute Gasteiger partial charge is 0.205 e. The molecule has 0 saturated carbocycles. The monoisotopic (exact) mass is 228 g/mol. The molecule has 0 aromatic heterocycles. The van der Waals surface area contributed by atoms with Crippen molar-refractivity contribution in [2.75, 3.05) is 0 Å². The van der Waals surface area contributed by atoms with Crippen molar-refractivity contribution in [3.05, 3.63) is 11.9 Å². The normalized spacial score (nSPS) is 15.9. The van der Waals surface area contributed by atoms with Gasteiger partial charge in [-0.15, -0.1) is 0 Å². The van der Waals surface area contributed by atoms with E-state index in [1.807, 2.05) is 0 Å². The van der Waals surface area contributed by atoms with Crippen molar-refractivity contribution in [2.24, 2.45) is 0 Å². The molecule has 0 aromatic carbocycles. The molecule has 8 heteroatoms. The van der Waals surface area contributed by atoms with Crippen LogP contribution in [0.25, 0.3) is 0 Å². The lowest BCUT2D eigenvalue weighted by Gasteiger charge is -2.26. The van der Waals surface area contributed by atoms with E-state index in [1.165, 1.54) is 0 Å². The van der Waals surface area contributed by atoms with Crippen LogP contribution in [0.15, 0.2) is 11.9 Å². The van der Waals surface area contributed by atoms with Crippen molar-refractivity contribution < 1.29 is 35.1 Å². The van der Waals surface area contributed by atoms with Crippen LogP contribution in [0, 0.1) is 0 Å².